The number of aromatic nitrogens is 1. The van der Waals surface area contributed by atoms with E-state index >= 15 is 0 Å². The molecule has 0 aliphatic heterocycles. The maximum absolute atomic E-state index is 6.25. The van der Waals surface area contributed by atoms with E-state index in [1.807, 2.05) is 11.3 Å². The molecule has 0 bridgehead atoms. The summed E-state index contributed by atoms with van der Waals surface area (Å²) in [5, 5.41) is 1.20. The van der Waals surface area contributed by atoms with Crippen LogP contribution in [-0.2, 0) is 11.8 Å². The van der Waals surface area contributed by atoms with E-state index in [2.05, 4.69) is 13.8 Å². The molecule has 1 aromatic heterocycles. The summed E-state index contributed by atoms with van der Waals surface area (Å²) in [6, 6.07) is 0.214. The number of aryl methyl sites for hydroxylation is 1. The first-order chi connectivity index (χ1) is 7.58. The van der Waals surface area contributed by atoms with Crippen molar-refractivity contribution in [2.75, 3.05) is 0 Å². The Morgan fingerprint density at radius 3 is 2.81 bits per heavy atom. The quantitative estimate of drug-likeness (QED) is 0.856. The van der Waals surface area contributed by atoms with Gasteiger partial charge in [0.25, 0.3) is 0 Å². The van der Waals surface area contributed by atoms with E-state index in [1.54, 1.807) is 0 Å². The van der Waals surface area contributed by atoms with Crippen molar-refractivity contribution in [3.63, 3.8) is 0 Å². The van der Waals surface area contributed by atoms with Crippen molar-refractivity contribution >= 4 is 11.3 Å². The monoisotopic (exact) mass is 236 g/mol. The predicted molar refractivity (Wildman–Crippen MR) is 67.7 cm³/mol. The smallest absolute Gasteiger partial charge is 0.110 e. The first-order valence-corrected chi connectivity index (χ1v) is 7.15. The van der Waals surface area contributed by atoms with E-state index in [9.17, 15) is 0 Å². The van der Waals surface area contributed by atoms with Crippen LogP contribution in [-0.4, -0.2) is 4.98 Å². The highest BCUT2D eigenvalue weighted by molar-refractivity contribution is 7.11. The summed E-state index contributed by atoms with van der Waals surface area (Å²) in [4.78, 5) is 6.36. The number of nitrogens with two attached hydrogens (primary N) is 1. The number of nitrogens with zero attached hydrogens (tertiary/aromatic N) is 1. The third-order valence-corrected chi connectivity index (χ3v) is 5.19. The second kappa shape index (κ2) is 3.54. The minimum atomic E-state index is 0.214. The number of rotatable bonds is 2. The van der Waals surface area contributed by atoms with E-state index in [4.69, 9.17) is 10.7 Å². The summed E-state index contributed by atoms with van der Waals surface area (Å²) < 4.78 is 0. The molecule has 1 fully saturated rings. The van der Waals surface area contributed by atoms with E-state index in [0.29, 0.717) is 0 Å². The van der Waals surface area contributed by atoms with E-state index in [0.717, 1.165) is 5.92 Å². The molecule has 2 aliphatic rings. The standard InChI is InChI=1S/C13H20N2S/c1-13(2)7-3-4-9-11(13)15-12(16-9)10(14)8-5-6-8/h8,10H,3-7,14H2,1-2H3. The maximum atomic E-state index is 6.25. The largest absolute Gasteiger partial charge is 0.322 e. The molecule has 2 nitrogen and oxygen atoms in total. The Balaban J connectivity index is 1.95. The van der Waals surface area contributed by atoms with Gasteiger partial charge in [0.05, 0.1) is 11.7 Å². The minimum absolute atomic E-state index is 0.214. The third kappa shape index (κ3) is 1.70. The molecule has 0 saturated heterocycles. The summed E-state index contributed by atoms with van der Waals surface area (Å²) in [6.07, 6.45) is 6.39. The van der Waals surface area contributed by atoms with Gasteiger partial charge >= 0.3 is 0 Å². The third-order valence-electron chi connectivity index (χ3n) is 3.98. The molecule has 1 atom stereocenters. The van der Waals surface area contributed by atoms with Crippen molar-refractivity contribution in [2.45, 2.75) is 57.4 Å². The Morgan fingerprint density at radius 2 is 2.19 bits per heavy atom. The molecule has 88 valence electrons. The van der Waals surface area contributed by atoms with Crippen LogP contribution >= 0.6 is 11.3 Å². The highest BCUT2D eigenvalue weighted by atomic mass is 32.1. The maximum Gasteiger partial charge on any atom is 0.110 e. The van der Waals surface area contributed by atoms with Crippen LogP contribution in [0.4, 0.5) is 0 Å². The number of thiazole rings is 1. The molecule has 2 aliphatic carbocycles. The zero-order valence-electron chi connectivity index (χ0n) is 10.1. The van der Waals surface area contributed by atoms with Gasteiger partial charge in [-0.2, -0.15) is 0 Å². The van der Waals surface area contributed by atoms with Crippen molar-refractivity contribution in [3.8, 4) is 0 Å². The summed E-state index contributed by atoms with van der Waals surface area (Å²) in [6.45, 7) is 4.63. The number of hydrogen-bond donors (Lipinski definition) is 1. The van der Waals surface area contributed by atoms with Crippen LogP contribution in [0.2, 0.25) is 0 Å². The summed E-state index contributed by atoms with van der Waals surface area (Å²) in [5.74, 6) is 0.718. The van der Waals surface area contributed by atoms with Crippen LogP contribution in [0, 0.1) is 5.92 Å². The van der Waals surface area contributed by atoms with E-state index < -0.39 is 0 Å². The Bertz CT molecular complexity index is 404. The average Bonchev–Trinajstić information content (AvgIpc) is 2.96. The van der Waals surface area contributed by atoms with Gasteiger partial charge in [-0.1, -0.05) is 13.8 Å². The average molecular weight is 236 g/mol. The van der Waals surface area contributed by atoms with Crippen LogP contribution < -0.4 is 5.73 Å². The molecule has 1 aromatic rings. The number of hydrogen-bond acceptors (Lipinski definition) is 3. The lowest BCUT2D eigenvalue weighted by molar-refractivity contribution is 0.422. The first kappa shape index (κ1) is 10.7. The molecular weight excluding hydrogens is 216 g/mol. The van der Waals surface area contributed by atoms with Crippen LogP contribution in [0.5, 0.6) is 0 Å². The molecule has 0 spiro atoms. The molecular formula is C13H20N2S. The fourth-order valence-electron chi connectivity index (χ4n) is 2.68. The van der Waals surface area contributed by atoms with Gasteiger partial charge in [-0.05, 0) is 38.0 Å². The van der Waals surface area contributed by atoms with Gasteiger partial charge < -0.3 is 5.73 Å². The van der Waals surface area contributed by atoms with Gasteiger partial charge in [0.15, 0.2) is 0 Å². The summed E-state index contributed by atoms with van der Waals surface area (Å²) >= 11 is 1.88. The zero-order valence-corrected chi connectivity index (χ0v) is 10.9. The highest BCUT2D eigenvalue weighted by Gasteiger charge is 2.35. The molecule has 1 saturated carbocycles. The molecule has 3 heteroatoms. The van der Waals surface area contributed by atoms with Crippen molar-refractivity contribution in [2.24, 2.45) is 11.7 Å². The molecule has 3 rings (SSSR count). The van der Waals surface area contributed by atoms with Gasteiger partial charge in [-0.3, -0.25) is 0 Å². The zero-order chi connectivity index (χ0) is 11.3. The molecule has 0 aromatic carbocycles. The first-order valence-electron chi connectivity index (χ1n) is 6.33. The topological polar surface area (TPSA) is 38.9 Å². The molecule has 0 amide bonds. The molecule has 0 radical (unpaired) electrons. The van der Waals surface area contributed by atoms with E-state index in [-0.39, 0.29) is 11.5 Å². The Labute approximate surface area is 101 Å². The van der Waals surface area contributed by atoms with Gasteiger partial charge in [-0.15, -0.1) is 11.3 Å². The second-order valence-corrected chi connectivity index (χ2v) is 7.04. The lowest BCUT2D eigenvalue weighted by Gasteiger charge is -2.28. The Hall–Kier alpha value is -0.410. The van der Waals surface area contributed by atoms with Crippen LogP contribution in [0.25, 0.3) is 0 Å². The van der Waals surface area contributed by atoms with Crippen molar-refractivity contribution in [3.05, 3.63) is 15.6 Å². The van der Waals surface area contributed by atoms with Crippen molar-refractivity contribution < 1.29 is 0 Å². The van der Waals surface area contributed by atoms with Crippen molar-refractivity contribution in [1.29, 1.82) is 0 Å². The lowest BCUT2D eigenvalue weighted by Crippen LogP contribution is -2.23. The van der Waals surface area contributed by atoms with Gasteiger partial charge in [-0.25, -0.2) is 4.98 Å². The van der Waals surface area contributed by atoms with Crippen LogP contribution in [0.15, 0.2) is 0 Å². The van der Waals surface area contributed by atoms with Gasteiger partial charge in [0.1, 0.15) is 5.01 Å². The van der Waals surface area contributed by atoms with Crippen molar-refractivity contribution in [1.82, 2.24) is 4.98 Å². The highest BCUT2D eigenvalue weighted by Crippen LogP contribution is 2.44. The molecule has 1 heterocycles. The number of fused-ring (bicyclic) bond motifs is 1. The fourth-order valence-corrected chi connectivity index (χ4v) is 4.06. The normalized spacial score (nSPS) is 25.2. The second-order valence-electron chi connectivity index (χ2n) is 5.92. The van der Waals surface area contributed by atoms with Gasteiger partial charge in [0.2, 0.25) is 0 Å². The SMILES string of the molecule is CC1(C)CCCc2sc(C(N)C3CC3)nc21. The van der Waals surface area contributed by atoms with Crippen LogP contribution in [0.1, 0.15) is 61.2 Å². The predicted octanol–water partition coefficient (Wildman–Crippen LogP) is 3.17. The van der Waals surface area contributed by atoms with E-state index in [1.165, 1.54) is 47.7 Å². The molecule has 2 N–H and O–H groups in total. The Morgan fingerprint density at radius 1 is 1.44 bits per heavy atom. The molecule has 1 unspecified atom stereocenters. The molecule has 16 heavy (non-hydrogen) atoms. The summed E-state index contributed by atoms with van der Waals surface area (Å²) in [7, 11) is 0. The minimum Gasteiger partial charge on any atom is -0.322 e. The Kier molecular flexibility index (Phi) is 2.37. The van der Waals surface area contributed by atoms with Crippen LogP contribution in [0.3, 0.4) is 0 Å². The lowest BCUT2D eigenvalue weighted by atomic mass is 9.79. The van der Waals surface area contributed by atoms with Gasteiger partial charge in [0, 0.05) is 10.3 Å². The summed E-state index contributed by atoms with van der Waals surface area (Å²) in [5.41, 5.74) is 7.86. The fraction of sp³-hybridized carbons (Fsp3) is 0.769.